The van der Waals surface area contributed by atoms with Crippen LogP contribution in [0, 0.1) is 0 Å². The van der Waals surface area contributed by atoms with Crippen molar-refractivity contribution in [2.24, 2.45) is 0 Å². The Labute approximate surface area is 288 Å². The van der Waals surface area contributed by atoms with E-state index in [2.05, 4.69) is 15.6 Å². The summed E-state index contributed by atoms with van der Waals surface area (Å²) in [5, 5.41) is 5.97. The summed E-state index contributed by atoms with van der Waals surface area (Å²) in [7, 11) is -3.33. The minimum Gasteiger partial charge on any atom is -0.495 e. The molecule has 0 bridgehead atoms. The number of pyridine rings is 1. The number of hydrogen-bond acceptors (Lipinski definition) is 7. The van der Waals surface area contributed by atoms with Gasteiger partial charge in [0, 0.05) is 59.4 Å². The molecule has 0 saturated heterocycles. The Hall–Kier alpha value is -4.65. The Balaban J connectivity index is 1.55. The van der Waals surface area contributed by atoms with Gasteiger partial charge in [-0.05, 0) is 92.1 Å². The maximum Gasteiger partial charge on any atom is 0.321 e. The molecule has 14 heteroatoms. The molecule has 1 aliphatic rings. The molecule has 1 aromatic heterocycles. The highest BCUT2D eigenvalue weighted by Gasteiger charge is 2.54. The number of nitrogens with zero attached hydrogens (tertiary/aromatic N) is 3. The second-order valence-electron chi connectivity index (χ2n) is 11.1. The maximum absolute atomic E-state index is 14.5. The molecule has 4 amide bonds. The Morgan fingerprint density at radius 2 is 1.75 bits per heavy atom. The fraction of sp³-hybridized carbons (Fsp3) is 0.235. The molecule has 1 unspecified atom stereocenters. The van der Waals surface area contributed by atoms with Crippen LogP contribution in [0.3, 0.4) is 0 Å². The van der Waals surface area contributed by atoms with Crippen molar-refractivity contribution in [1.29, 1.82) is 0 Å². The molecule has 11 nitrogen and oxygen atoms in total. The zero-order valence-electron chi connectivity index (χ0n) is 26.6. The van der Waals surface area contributed by atoms with Gasteiger partial charge in [-0.25, -0.2) is 17.5 Å². The van der Waals surface area contributed by atoms with Gasteiger partial charge in [-0.15, -0.1) is 0 Å². The average molecular weight is 711 g/mol. The molecule has 0 fully saturated rings. The lowest BCUT2D eigenvalue weighted by Crippen LogP contribution is -2.42. The molecule has 3 aromatic carbocycles. The Bertz CT molecular complexity index is 2010. The number of amides is 4. The van der Waals surface area contributed by atoms with Gasteiger partial charge in [-0.2, -0.15) is 0 Å². The molecule has 2 heterocycles. The number of rotatable bonds is 10. The quantitative estimate of drug-likeness (QED) is 0.199. The summed E-state index contributed by atoms with van der Waals surface area (Å²) in [6.45, 7) is 6.40. The van der Waals surface area contributed by atoms with Crippen LogP contribution in [0.1, 0.15) is 47.8 Å². The molecule has 0 saturated carbocycles. The third-order valence-electron chi connectivity index (χ3n) is 8.26. The van der Waals surface area contributed by atoms with Crippen LogP contribution >= 0.6 is 23.2 Å². The lowest BCUT2D eigenvalue weighted by atomic mass is 9.76. The van der Waals surface area contributed by atoms with Gasteiger partial charge in [-0.1, -0.05) is 29.3 Å². The van der Waals surface area contributed by atoms with E-state index in [-0.39, 0.29) is 55.6 Å². The number of ether oxygens (including phenoxy) is 1. The van der Waals surface area contributed by atoms with Crippen molar-refractivity contribution in [3.05, 3.63) is 111 Å². The van der Waals surface area contributed by atoms with Crippen molar-refractivity contribution in [1.82, 2.24) is 15.2 Å². The van der Waals surface area contributed by atoms with Gasteiger partial charge in [0.1, 0.15) is 16.1 Å². The second kappa shape index (κ2) is 13.8. The number of benzene rings is 3. The monoisotopic (exact) mass is 709 g/mol. The predicted molar refractivity (Wildman–Crippen MR) is 184 cm³/mol. The van der Waals surface area contributed by atoms with Crippen molar-refractivity contribution < 1.29 is 27.5 Å². The van der Waals surface area contributed by atoms with E-state index in [1.165, 1.54) is 61.7 Å². The highest BCUT2D eigenvalue weighted by molar-refractivity contribution is 7.93. The topological polar surface area (TPSA) is 138 Å². The maximum atomic E-state index is 14.5. The number of hydrogen-bond donors (Lipinski definition) is 2. The minimum atomic E-state index is -4.62. The van der Waals surface area contributed by atoms with Crippen LogP contribution in [0.25, 0.3) is 0 Å². The molecule has 48 heavy (non-hydrogen) atoms. The lowest BCUT2D eigenvalue weighted by Gasteiger charge is -2.26. The van der Waals surface area contributed by atoms with Gasteiger partial charge < -0.3 is 20.3 Å². The summed E-state index contributed by atoms with van der Waals surface area (Å²) in [5.41, 5.74) is 0.187. The zero-order chi connectivity index (χ0) is 34.8. The van der Waals surface area contributed by atoms with Crippen LogP contribution in [-0.2, 0) is 26.8 Å². The van der Waals surface area contributed by atoms with Crippen LogP contribution in [-0.4, -0.2) is 56.3 Å². The third kappa shape index (κ3) is 6.30. The molecule has 1 atom stereocenters. The summed E-state index contributed by atoms with van der Waals surface area (Å²) in [4.78, 5) is 45.7. The number of fused-ring (bicyclic) bond motifs is 1. The van der Waals surface area contributed by atoms with E-state index in [0.717, 1.165) is 5.56 Å². The highest BCUT2D eigenvalue weighted by Crippen LogP contribution is 2.51. The summed E-state index contributed by atoms with van der Waals surface area (Å²) in [6, 6.07) is 16.2. The number of nitrogens with one attached hydrogen (secondary N) is 2. The van der Waals surface area contributed by atoms with Crippen LogP contribution in [0.5, 0.6) is 5.75 Å². The first-order chi connectivity index (χ1) is 22.9. The minimum absolute atomic E-state index is 0.0652. The molecule has 0 aliphatic carbocycles. The van der Waals surface area contributed by atoms with E-state index in [1.54, 1.807) is 30.3 Å². The van der Waals surface area contributed by atoms with Crippen molar-refractivity contribution in [2.75, 3.05) is 29.8 Å². The number of sulfonamides is 1. The van der Waals surface area contributed by atoms with E-state index in [9.17, 15) is 22.8 Å². The van der Waals surface area contributed by atoms with Crippen LogP contribution in [0.4, 0.5) is 16.2 Å². The number of carbonyl (C=O) groups excluding carboxylic acids is 3. The van der Waals surface area contributed by atoms with Gasteiger partial charge in [0.2, 0.25) is 0 Å². The van der Waals surface area contributed by atoms with Gasteiger partial charge in [0.15, 0.2) is 0 Å². The SMILES string of the molecule is CCN(CC)C(=O)Nc1ccc(S(=O)(=O)N2C(=O)C(C)(c3cc(C(=O)NCc4cccnc4)ccc3Cl)c3cc(Cl)ccc32)c(OC)c1. The fourth-order valence-corrected chi connectivity index (χ4v) is 7.75. The van der Waals surface area contributed by atoms with Crippen molar-refractivity contribution in [2.45, 2.75) is 37.6 Å². The third-order valence-corrected chi connectivity index (χ3v) is 10.6. The molecule has 1 aliphatic heterocycles. The van der Waals surface area contributed by atoms with Crippen LogP contribution in [0.2, 0.25) is 10.0 Å². The van der Waals surface area contributed by atoms with E-state index < -0.39 is 27.3 Å². The highest BCUT2D eigenvalue weighted by atomic mass is 35.5. The normalized spacial score (nSPS) is 15.5. The molecule has 0 spiro atoms. The molecule has 0 radical (unpaired) electrons. The summed E-state index contributed by atoms with van der Waals surface area (Å²) in [5.74, 6) is -1.36. The fourth-order valence-electron chi connectivity index (χ4n) is 5.62. The lowest BCUT2D eigenvalue weighted by molar-refractivity contribution is -0.120. The molecular formula is C34H33Cl2N5O6S. The molecule has 5 rings (SSSR count). The van der Waals surface area contributed by atoms with E-state index >= 15 is 0 Å². The van der Waals surface area contributed by atoms with Gasteiger partial charge in [-0.3, -0.25) is 14.6 Å². The Morgan fingerprint density at radius 3 is 2.42 bits per heavy atom. The van der Waals surface area contributed by atoms with E-state index in [1.807, 2.05) is 19.9 Å². The van der Waals surface area contributed by atoms with Crippen molar-refractivity contribution in [3.8, 4) is 5.75 Å². The summed E-state index contributed by atoms with van der Waals surface area (Å²) < 4.78 is 35.0. The Morgan fingerprint density at radius 1 is 1.00 bits per heavy atom. The summed E-state index contributed by atoms with van der Waals surface area (Å²) >= 11 is 13.1. The van der Waals surface area contributed by atoms with Crippen LogP contribution in [0.15, 0.2) is 84.0 Å². The second-order valence-corrected chi connectivity index (χ2v) is 13.7. The van der Waals surface area contributed by atoms with E-state index in [0.29, 0.717) is 23.1 Å². The predicted octanol–water partition coefficient (Wildman–Crippen LogP) is 6.24. The van der Waals surface area contributed by atoms with Crippen molar-refractivity contribution >= 4 is 62.4 Å². The standard InChI is InChI=1S/C34H33Cl2N5O6S/c1-5-40(6-2)33(44)39-24-11-14-30(29(18-24)47-4)48(45,46)41-28-13-10-23(35)17-26(28)34(3,32(41)43)25-16-22(9-12-27(25)36)31(42)38-20-21-8-7-15-37-19-21/h7-19H,5-6,20H2,1-4H3,(H,38,42)(H,39,44). The molecular weight excluding hydrogens is 677 g/mol. The Kier molecular flexibility index (Phi) is 9.99. The van der Waals surface area contributed by atoms with Crippen LogP contribution < -0.4 is 19.7 Å². The molecule has 2 N–H and O–H groups in total. The number of anilines is 2. The van der Waals surface area contributed by atoms with Gasteiger partial charge in [0.05, 0.1) is 12.8 Å². The molecule has 4 aromatic rings. The number of halogens is 2. The largest absolute Gasteiger partial charge is 0.495 e. The molecule has 250 valence electrons. The smallest absolute Gasteiger partial charge is 0.321 e. The number of aromatic nitrogens is 1. The number of methoxy groups -OCH3 is 1. The first kappa shape index (κ1) is 34.7. The van der Waals surface area contributed by atoms with Gasteiger partial charge in [0.25, 0.3) is 21.8 Å². The van der Waals surface area contributed by atoms with Crippen molar-refractivity contribution in [3.63, 3.8) is 0 Å². The number of urea groups is 1. The zero-order valence-corrected chi connectivity index (χ0v) is 28.9. The first-order valence-corrected chi connectivity index (χ1v) is 17.2. The first-order valence-electron chi connectivity index (χ1n) is 15.0. The summed E-state index contributed by atoms with van der Waals surface area (Å²) in [6.07, 6.45) is 3.26. The van der Waals surface area contributed by atoms with Gasteiger partial charge >= 0.3 is 6.03 Å². The van der Waals surface area contributed by atoms with E-state index in [4.69, 9.17) is 27.9 Å². The number of carbonyl (C=O) groups is 3. The average Bonchev–Trinajstić information content (AvgIpc) is 3.31.